The number of benzene rings is 2. The van der Waals surface area contributed by atoms with Crippen molar-refractivity contribution in [1.29, 1.82) is 0 Å². The molecule has 2 aliphatic carbocycles. The number of carbonyl (C=O) groups excluding carboxylic acids is 1. The average molecular weight is 431 g/mol. The van der Waals surface area contributed by atoms with Crippen LogP contribution in [0.4, 0.5) is 0 Å². The normalized spacial score (nSPS) is 20.0. The lowest BCUT2D eigenvalue weighted by atomic mass is 9.71. The van der Waals surface area contributed by atoms with Gasteiger partial charge in [0.05, 0.1) is 24.4 Å². The summed E-state index contributed by atoms with van der Waals surface area (Å²) in [5.41, 5.74) is 5.32. The molecule has 0 aromatic heterocycles. The van der Waals surface area contributed by atoms with E-state index in [1.165, 1.54) is 43.2 Å². The van der Waals surface area contributed by atoms with Crippen LogP contribution in [0.5, 0.6) is 0 Å². The molecule has 1 atom stereocenters. The first-order valence-corrected chi connectivity index (χ1v) is 12.1. The molecule has 0 saturated heterocycles. The molecule has 32 heavy (non-hydrogen) atoms. The number of ether oxygens (including phenoxy) is 2. The summed E-state index contributed by atoms with van der Waals surface area (Å²) in [6.07, 6.45) is 9.09. The van der Waals surface area contributed by atoms with Crippen molar-refractivity contribution in [3.63, 3.8) is 0 Å². The van der Waals surface area contributed by atoms with Crippen LogP contribution in [-0.4, -0.2) is 18.7 Å². The molecule has 0 N–H and O–H groups in total. The van der Waals surface area contributed by atoms with Gasteiger partial charge in [-0.25, -0.2) is 4.79 Å². The van der Waals surface area contributed by atoms with Gasteiger partial charge in [0.2, 0.25) is 0 Å². The molecule has 4 rings (SSSR count). The molecule has 3 heteroatoms. The van der Waals surface area contributed by atoms with Crippen molar-refractivity contribution in [3.8, 4) is 11.8 Å². The van der Waals surface area contributed by atoms with E-state index < -0.39 is 0 Å². The zero-order chi connectivity index (χ0) is 22.6. The molecule has 0 heterocycles. The zero-order valence-electron chi connectivity index (χ0n) is 19.6. The summed E-state index contributed by atoms with van der Waals surface area (Å²) in [5, 5.41) is 0. The number of esters is 1. The Balaban J connectivity index is 1.55. The third-order valence-electron chi connectivity index (χ3n) is 6.82. The highest BCUT2D eigenvalue weighted by atomic mass is 16.5. The summed E-state index contributed by atoms with van der Waals surface area (Å²) in [5.74, 6) is 6.26. The predicted molar refractivity (Wildman–Crippen MR) is 128 cm³/mol. The second-order valence-electron chi connectivity index (χ2n) is 9.66. The van der Waals surface area contributed by atoms with Gasteiger partial charge in [-0.15, -0.1) is 0 Å². The van der Waals surface area contributed by atoms with Crippen LogP contribution in [0.25, 0.3) is 0 Å². The van der Waals surface area contributed by atoms with Crippen LogP contribution in [0.3, 0.4) is 0 Å². The highest BCUT2D eigenvalue weighted by Gasteiger charge is 2.34. The van der Waals surface area contributed by atoms with Gasteiger partial charge in [0.1, 0.15) is 0 Å². The first-order valence-electron chi connectivity index (χ1n) is 12.1. The second-order valence-corrected chi connectivity index (χ2v) is 9.66. The molecule has 168 valence electrons. The number of rotatable bonds is 4. The van der Waals surface area contributed by atoms with Gasteiger partial charge in [-0.05, 0) is 85.5 Å². The van der Waals surface area contributed by atoms with Crippen LogP contribution in [0.1, 0.15) is 104 Å². The highest BCUT2D eigenvalue weighted by molar-refractivity contribution is 5.89. The Labute approximate surface area is 192 Å². The number of hydrogen-bond acceptors (Lipinski definition) is 3. The Morgan fingerprint density at radius 1 is 0.969 bits per heavy atom. The van der Waals surface area contributed by atoms with Crippen LogP contribution in [-0.2, 0) is 14.9 Å². The maximum atomic E-state index is 11.8. The molecule has 2 aromatic rings. The van der Waals surface area contributed by atoms with Gasteiger partial charge in [-0.2, -0.15) is 0 Å². The van der Waals surface area contributed by atoms with Crippen LogP contribution in [0, 0.1) is 11.8 Å². The Hall–Kier alpha value is -2.57. The Bertz CT molecular complexity index is 1000. The fraction of sp³-hybridized carbons (Fsp3) is 0.483. The van der Waals surface area contributed by atoms with E-state index in [1.54, 1.807) is 12.1 Å². The van der Waals surface area contributed by atoms with Gasteiger partial charge in [0.25, 0.3) is 0 Å². The Morgan fingerprint density at radius 2 is 1.66 bits per heavy atom. The molecular weight excluding hydrogens is 396 g/mol. The van der Waals surface area contributed by atoms with Gasteiger partial charge >= 0.3 is 5.97 Å². The molecular formula is C29H34O3. The highest BCUT2D eigenvalue weighted by Crippen LogP contribution is 2.44. The molecule has 3 nitrogen and oxygen atoms in total. The minimum absolute atomic E-state index is 0.163. The molecule has 2 aromatic carbocycles. The lowest BCUT2D eigenvalue weighted by molar-refractivity contribution is -0.0428. The summed E-state index contributed by atoms with van der Waals surface area (Å²) in [4.78, 5) is 11.8. The van der Waals surface area contributed by atoms with Crippen LogP contribution < -0.4 is 0 Å². The maximum Gasteiger partial charge on any atom is 0.338 e. The van der Waals surface area contributed by atoms with E-state index in [1.807, 2.05) is 19.1 Å². The molecule has 2 aliphatic rings. The van der Waals surface area contributed by atoms with Gasteiger partial charge < -0.3 is 9.47 Å². The van der Waals surface area contributed by atoms with Crippen molar-refractivity contribution < 1.29 is 14.3 Å². The standard InChI is InChI=1S/C29H34O3/c1-4-31-28(30)23-15-12-21(13-16-23)10-11-22-14-17-26-25(20-22)27(18-19-29(26,2)3)32-24-8-6-5-7-9-24/h12-17,20,24,27H,4-9,18-19H2,1-3H3. The largest absolute Gasteiger partial charge is 0.462 e. The molecule has 1 fully saturated rings. The van der Waals surface area contributed by atoms with Crippen molar-refractivity contribution in [2.24, 2.45) is 0 Å². The van der Waals surface area contributed by atoms with Crippen LogP contribution >= 0.6 is 0 Å². The molecule has 0 bridgehead atoms. The topological polar surface area (TPSA) is 35.5 Å². The monoisotopic (exact) mass is 430 g/mol. The molecule has 1 unspecified atom stereocenters. The van der Waals surface area contributed by atoms with Crippen molar-refractivity contribution in [2.75, 3.05) is 6.61 Å². The molecule has 0 spiro atoms. The predicted octanol–water partition coefficient (Wildman–Crippen LogP) is 6.72. The summed E-state index contributed by atoms with van der Waals surface area (Å²) in [7, 11) is 0. The molecule has 0 radical (unpaired) electrons. The summed E-state index contributed by atoms with van der Waals surface area (Å²) >= 11 is 0. The fourth-order valence-corrected chi connectivity index (χ4v) is 4.93. The fourth-order valence-electron chi connectivity index (χ4n) is 4.93. The number of hydrogen-bond donors (Lipinski definition) is 0. The molecule has 0 aliphatic heterocycles. The van der Waals surface area contributed by atoms with Crippen molar-refractivity contribution in [2.45, 2.75) is 83.3 Å². The summed E-state index contributed by atoms with van der Waals surface area (Å²) in [6.45, 7) is 6.85. The lowest BCUT2D eigenvalue weighted by Crippen LogP contribution is -2.30. The van der Waals surface area contributed by atoms with E-state index in [9.17, 15) is 4.79 Å². The first kappa shape index (κ1) is 22.6. The van der Waals surface area contributed by atoms with Gasteiger partial charge in [0, 0.05) is 11.1 Å². The molecule has 0 amide bonds. The van der Waals surface area contributed by atoms with Crippen LogP contribution in [0.15, 0.2) is 42.5 Å². The first-order chi connectivity index (χ1) is 15.5. The van der Waals surface area contributed by atoms with E-state index >= 15 is 0 Å². The maximum absolute atomic E-state index is 11.8. The average Bonchev–Trinajstić information content (AvgIpc) is 2.81. The van der Waals surface area contributed by atoms with Crippen LogP contribution in [0.2, 0.25) is 0 Å². The summed E-state index contributed by atoms with van der Waals surface area (Å²) < 4.78 is 11.7. The smallest absolute Gasteiger partial charge is 0.338 e. The van der Waals surface area contributed by atoms with Gasteiger partial charge in [0.15, 0.2) is 0 Å². The van der Waals surface area contributed by atoms with E-state index in [-0.39, 0.29) is 17.5 Å². The number of fused-ring (bicyclic) bond motifs is 1. The number of carbonyl (C=O) groups is 1. The Morgan fingerprint density at radius 3 is 2.38 bits per heavy atom. The van der Waals surface area contributed by atoms with E-state index in [0.717, 1.165) is 24.0 Å². The van der Waals surface area contributed by atoms with Gasteiger partial charge in [-0.3, -0.25) is 0 Å². The zero-order valence-corrected chi connectivity index (χ0v) is 19.6. The Kier molecular flexibility index (Phi) is 7.01. The van der Waals surface area contributed by atoms with Gasteiger partial charge in [-0.1, -0.05) is 51.0 Å². The minimum atomic E-state index is -0.298. The quantitative estimate of drug-likeness (QED) is 0.399. The third-order valence-corrected chi connectivity index (χ3v) is 6.82. The SMILES string of the molecule is CCOC(=O)c1ccc(C#Cc2ccc3c(c2)C(OC2CCCCC2)CCC3(C)C)cc1. The minimum Gasteiger partial charge on any atom is -0.462 e. The van der Waals surface area contributed by atoms with E-state index in [4.69, 9.17) is 9.47 Å². The third kappa shape index (κ3) is 5.25. The van der Waals surface area contributed by atoms with Crippen molar-refractivity contribution in [1.82, 2.24) is 0 Å². The van der Waals surface area contributed by atoms with Crippen molar-refractivity contribution >= 4 is 5.97 Å². The summed E-state index contributed by atoms with van der Waals surface area (Å²) in [6, 6.07) is 13.9. The van der Waals surface area contributed by atoms with E-state index in [0.29, 0.717) is 18.3 Å². The van der Waals surface area contributed by atoms with E-state index in [2.05, 4.69) is 43.9 Å². The molecule has 1 saturated carbocycles. The van der Waals surface area contributed by atoms with Crippen molar-refractivity contribution in [3.05, 3.63) is 70.3 Å². The second kappa shape index (κ2) is 9.92. The lowest BCUT2D eigenvalue weighted by Gasteiger charge is -2.39.